The predicted molar refractivity (Wildman–Crippen MR) is 88.4 cm³/mol. The molecule has 6 nitrogen and oxygen atoms in total. The molecule has 1 aliphatic heterocycles. The number of benzene rings is 1. The van der Waals surface area contributed by atoms with E-state index in [4.69, 9.17) is 4.74 Å². The molecule has 0 saturated carbocycles. The van der Waals surface area contributed by atoms with E-state index in [1.807, 2.05) is 31.2 Å². The van der Waals surface area contributed by atoms with E-state index in [0.717, 1.165) is 36.8 Å². The van der Waals surface area contributed by atoms with Crippen molar-refractivity contribution in [2.75, 3.05) is 26.0 Å². The Morgan fingerprint density at radius 3 is 2.61 bits per heavy atom. The summed E-state index contributed by atoms with van der Waals surface area (Å²) in [5.74, 6) is -0.307. The molecule has 1 N–H and O–H groups in total. The molecule has 23 heavy (non-hydrogen) atoms. The first-order chi connectivity index (χ1) is 10.8. The fourth-order valence-corrected chi connectivity index (χ4v) is 3.17. The van der Waals surface area contributed by atoms with Crippen LogP contribution in [0, 0.1) is 6.92 Å². The van der Waals surface area contributed by atoms with E-state index in [-0.39, 0.29) is 25.1 Å². The molecule has 0 aliphatic carbocycles. The molecule has 1 amide bonds. The normalized spacial score (nSPS) is 18.3. The van der Waals surface area contributed by atoms with Gasteiger partial charge in [-0.05, 0) is 25.3 Å². The van der Waals surface area contributed by atoms with E-state index in [2.05, 4.69) is 5.32 Å². The molecule has 1 fully saturated rings. The minimum atomic E-state index is -3.46. The molecule has 1 aliphatic rings. The summed E-state index contributed by atoms with van der Waals surface area (Å²) >= 11 is 0. The highest BCUT2D eigenvalue weighted by molar-refractivity contribution is 7.88. The van der Waals surface area contributed by atoms with Gasteiger partial charge in [-0.3, -0.25) is 4.79 Å². The number of rotatable bonds is 7. The average Bonchev–Trinajstić information content (AvgIpc) is 2.99. The average molecular weight is 340 g/mol. The third-order valence-electron chi connectivity index (χ3n) is 3.82. The first-order valence-electron chi connectivity index (χ1n) is 7.73. The van der Waals surface area contributed by atoms with Crippen molar-refractivity contribution < 1.29 is 17.9 Å². The maximum atomic E-state index is 12.0. The van der Waals surface area contributed by atoms with Gasteiger partial charge in [0, 0.05) is 19.7 Å². The van der Waals surface area contributed by atoms with E-state index in [9.17, 15) is 13.2 Å². The Morgan fingerprint density at radius 2 is 2.04 bits per heavy atom. The molecule has 128 valence electrons. The quantitative estimate of drug-likeness (QED) is 0.805. The molecule has 0 aromatic heterocycles. The number of nitrogens with one attached hydrogen (secondary N) is 1. The SMILES string of the molecule is Cc1ccc(CN(CC(=O)NC[C@@H]2CCCO2)S(C)(=O)=O)cc1. The van der Waals surface area contributed by atoms with Gasteiger partial charge in [-0.2, -0.15) is 4.31 Å². The molecule has 0 radical (unpaired) electrons. The maximum absolute atomic E-state index is 12.0. The highest BCUT2D eigenvalue weighted by Crippen LogP contribution is 2.11. The van der Waals surface area contributed by atoms with Gasteiger partial charge in [-0.15, -0.1) is 0 Å². The lowest BCUT2D eigenvalue weighted by Gasteiger charge is -2.20. The summed E-state index contributed by atoms with van der Waals surface area (Å²) in [6, 6.07) is 7.59. The Kier molecular flexibility index (Phi) is 6.15. The molecule has 0 unspecified atom stereocenters. The van der Waals surface area contributed by atoms with Crippen molar-refractivity contribution in [1.29, 1.82) is 0 Å². The number of aryl methyl sites for hydroxylation is 1. The van der Waals surface area contributed by atoms with Crippen molar-refractivity contribution in [3.05, 3.63) is 35.4 Å². The van der Waals surface area contributed by atoms with Crippen LogP contribution < -0.4 is 5.32 Å². The maximum Gasteiger partial charge on any atom is 0.235 e. The van der Waals surface area contributed by atoms with E-state index in [0.29, 0.717) is 6.54 Å². The van der Waals surface area contributed by atoms with E-state index in [1.165, 1.54) is 4.31 Å². The first kappa shape index (κ1) is 17.9. The molecule has 1 aromatic rings. The number of hydrogen-bond acceptors (Lipinski definition) is 4. The van der Waals surface area contributed by atoms with Crippen LogP contribution in [-0.2, 0) is 26.1 Å². The Bertz CT molecular complexity index is 622. The minimum absolute atomic E-state index is 0.0442. The Balaban J connectivity index is 1.92. The fourth-order valence-electron chi connectivity index (χ4n) is 2.44. The van der Waals surface area contributed by atoms with Gasteiger partial charge in [0.05, 0.1) is 18.9 Å². The first-order valence-corrected chi connectivity index (χ1v) is 9.58. The second kappa shape index (κ2) is 7.90. The molecule has 7 heteroatoms. The number of amides is 1. The fraction of sp³-hybridized carbons (Fsp3) is 0.562. The van der Waals surface area contributed by atoms with Crippen molar-refractivity contribution in [2.24, 2.45) is 0 Å². The molecule has 1 atom stereocenters. The lowest BCUT2D eigenvalue weighted by Crippen LogP contribution is -2.42. The highest BCUT2D eigenvalue weighted by Gasteiger charge is 2.22. The lowest BCUT2D eigenvalue weighted by molar-refractivity contribution is -0.121. The molecular formula is C16H24N2O4S. The van der Waals surface area contributed by atoms with Gasteiger partial charge >= 0.3 is 0 Å². The largest absolute Gasteiger partial charge is 0.376 e. The van der Waals surface area contributed by atoms with E-state index >= 15 is 0 Å². The summed E-state index contributed by atoms with van der Waals surface area (Å²) in [6.07, 6.45) is 3.10. The van der Waals surface area contributed by atoms with Crippen molar-refractivity contribution in [2.45, 2.75) is 32.4 Å². The van der Waals surface area contributed by atoms with Crippen LogP contribution in [0.15, 0.2) is 24.3 Å². The van der Waals surface area contributed by atoms with Crippen LogP contribution in [0.1, 0.15) is 24.0 Å². The summed E-state index contributed by atoms with van der Waals surface area (Å²) in [5.41, 5.74) is 1.96. The summed E-state index contributed by atoms with van der Waals surface area (Å²) in [4.78, 5) is 12.0. The van der Waals surface area contributed by atoms with Crippen molar-refractivity contribution in [1.82, 2.24) is 9.62 Å². The molecule has 1 heterocycles. The number of carbonyl (C=O) groups excluding carboxylic acids is 1. The number of sulfonamides is 1. The van der Waals surface area contributed by atoms with Gasteiger partial charge in [0.1, 0.15) is 0 Å². The van der Waals surface area contributed by atoms with Gasteiger partial charge in [0.15, 0.2) is 0 Å². The van der Waals surface area contributed by atoms with Crippen LogP contribution in [0.5, 0.6) is 0 Å². The monoisotopic (exact) mass is 340 g/mol. The third-order valence-corrected chi connectivity index (χ3v) is 5.02. The topological polar surface area (TPSA) is 75.7 Å². The van der Waals surface area contributed by atoms with Crippen LogP contribution in [0.4, 0.5) is 0 Å². The molecule has 0 spiro atoms. The minimum Gasteiger partial charge on any atom is -0.376 e. The molecule has 1 saturated heterocycles. The second-order valence-corrected chi connectivity index (χ2v) is 7.94. The number of nitrogens with zero attached hydrogens (tertiary/aromatic N) is 1. The summed E-state index contributed by atoms with van der Waals surface area (Å²) in [7, 11) is -3.46. The van der Waals surface area contributed by atoms with Crippen molar-refractivity contribution in [3.8, 4) is 0 Å². The van der Waals surface area contributed by atoms with Gasteiger partial charge < -0.3 is 10.1 Å². The van der Waals surface area contributed by atoms with Gasteiger partial charge in [0.2, 0.25) is 15.9 Å². The Hall–Kier alpha value is -1.44. The van der Waals surface area contributed by atoms with Gasteiger partial charge in [-0.25, -0.2) is 8.42 Å². The molecular weight excluding hydrogens is 316 g/mol. The third kappa shape index (κ3) is 5.93. The molecule has 1 aromatic carbocycles. The lowest BCUT2D eigenvalue weighted by atomic mass is 10.1. The smallest absolute Gasteiger partial charge is 0.235 e. The van der Waals surface area contributed by atoms with Gasteiger partial charge in [-0.1, -0.05) is 29.8 Å². The van der Waals surface area contributed by atoms with Crippen LogP contribution >= 0.6 is 0 Å². The van der Waals surface area contributed by atoms with Crippen LogP contribution in [0.3, 0.4) is 0 Å². The Morgan fingerprint density at radius 1 is 1.35 bits per heavy atom. The van der Waals surface area contributed by atoms with Gasteiger partial charge in [0.25, 0.3) is 0 Å². The number of ether oxygens (including phenoxy) is 1. The number of hydrogen-bond donors (Lipinski definition) is 1. The summed E-state index contributed by atoms with van der Waals surface area (Å²) in [5, 5.41) is 2.75. The van der Waals surface area contributed by atoms with Crippen LogP contribution in [0.25, 0.3) is 0 Å². The predicted octanol–water partition coefficient (Wildman–Crippen LogP) is 1.05. The molecule has 2 rings (SSSR count). The van der Waals surface area contributed by atoms with E-state index < -0.39 is 10.0 Å². The number of carbonyl (C=O) groups is 1. The second-order valence-electron chi connectivity index (χ2n) is 5.96. The molecule has 0 bridgehead atoms. The summed E-state index contributed by atoms with van der Waals surface area (Å²) < 4.78 is 30.5. The standard InChI is InChI=1S/C16H24N2O4S/c1-13-5-7-14(8-6-13)11-18(23(2,20)21)12-16(19)17-10-15-4-3-9-22-15/h5-8,15H,3-4,9-12H2,1-2H3,(H,17,19)/t15-/m0/s1. The summed E-state index contributed by atoms with van der Waals surface area (Å²) in [6.45, 7) is 3.13. The van der Waals surface area contributed by atoms with Crippen LogP contribution in [-0.4, -0.2) is 50.7 Å². The zero-order chi connectivity index (χ0) is 16.9. The zero-order valence-corrected chi connectivity index (χ0v) is 14.4. The Labute approximate surface area is 137 Å². The van der Waals surface area contributed by atoms with Crippen molar-refractivity contribution in [3.63, 3.8) is 0 Å². The van der Waals surface area contributed by atoms with E-state index in [1.54, 1.807) is 0 Å². The zero-order valence-electron chi connectivity index (χ0n) is 13.6. The highest BCUT2D eigenvalue weighted by atomic mass is 32.2. The van der Waals surface area contributed by atoms with Crippen molar-refractivity contribution >= 4 is 15.9 Å². The van der Waals surface area contributed by atoms with Crippen LogP contribution in [0.2, 0.25) is 0 Å².